The molecule has 90 heavy (non-hydrogen) atoms. The van der Waals surface area contributed by atoms with E-state index < -0.39 is 47.8 Å². The summed E-state index contributed by atoms with van der Waals surface area (Å²) in [6.45, 7) is 1.04. The largest absolute Gasteiger partial charge is 0.377 e. The maximum absolute atomic E-state index is 15.0. The molecule has 0 unspecified atom stereocenters. The fourth-order valence-electron chi connectivity index (χ4n) is 14.4. The number of carbonyl (C=O) groups is 8. The first-order valence-corrected chi connectivity index (χ1v) is 33.2. The van der Waals surface area contributed by atoms with Gasteiger partial charge in [-0.25, -0.2) is 0 Å². The van der Waals surface area contributed by atoms with E-state index in [1.165, 1.54) is 0 Å². The lowest BCUT2D eigenvalue weighted by Gasteiger charge is -2.39. The van der Waals surface area contributed by atoms with Crippen molar-refractivity contribution in [1.82, 2.24) is 40.9 Å². The Kier molecular flexibility index (Phi) is 24.6. The molecule has 8 bridgehead atoms. The minimum Gasteiger partial charge on any atom is -0.377 e. The van der Waals surface area contributed by atoms with Gasteiger partial charge in [-0.15, -0.1) is 0 Å². The Morgan fingerprint density at radius 2 is 0.578 bits per heavy atom. The Labute approximate surface area is 532 Å². The monoisotopic (exact) mass is 1230 g/mol. The van der Waals surface area contributed by atoms with Crippen LogP contribution in [0.5, 0.6) is 0 Å². The summed E-state index contributed by atoms with van der Waals surface area (Å²) in [5.74, 6) is -4.24. The number of hydrogen-bond donors (Lipinski definition) is 4. The minimum absolute atomic E-state index is 0.191. The zero-order valence-electron chi connectivity index (χ0n) is 53.3. The molecule has 484 valence electrons. The molecule has 4 aromatic carbocycles. The summed E-state index contributed by atoms with van der Waals surface area (Å²) in [5, 5.41) is 12.7. The van der Waals surface area contributed by atoms with Crippen LogP contribution in [0.3, 0.4) is 0 Å². The molecule has 4 aliphatic carbocycles. The topological polar surface area (TPSA) is 216 Å². The molecule has 1 aliphatic heterocycles. The number of benzene rings is 4. The summed E-state index contributed by atoms with van der Waals surface area (Å²) in [6.07, 6.45) is 9.84. The van der Waals surface area contributed by atoms with E-state index in [9.17, 15) is 38.4 Å². The zero-order chi connectivity index (χ0) is 63.5. The van der Waals surface area contributed by atoms with Gasteiger partial charge in [-0.2, -0.15) is 0 Å². The van der Waals surface area contributed by atoms with Gasteiger partial charge in [0, 0.05) is 102 Å². The van der Waals surface area contributed by atoms with Crippen molar-refractivity contribution >= 4 is 47.3 Å². The zero-order valence-corrected chi connectivity index (χ0v) is 53.3. The molecule has 18 heteroatoms. The molecule has 4 N–H and O–H groups in total. The van der Waals surface area contributed by atoms with Crippen LogP contribution in [0.15, 0.2) is 121 Å². The minimum atomic E-state index is -0.941. The lowest BCUT2D eigenvalue weighted by atomic mass is 9.83. The van der Waals surface area contributed by atoms with Crippen molar-refractivity contribution in [2.75, 3.05) is 41.4 Å². The van der Waals surface area contributed by atoms with Crippen LogP contribution in [0.1, 0.15) is 138 Å². The van der Waals surface area contributed by atoms with Crippen LogP contribution in [-0.4, -0.2) is 157 Å². The van der Waals surface area contributed by atoms with Crippen molar-refractivity contribution < 1.29 is 47.8 Å². The third kappa shape index (κ3) is 18.4. The smallest absolute Gasteiger partial charge is 0.245 e. The molecule has 4 aromatic rings. The van der Waals surface area contributed by atoms with Gasteiger partial charge in [0.25, 0.3) is 0 Å². The average molecular weight is 1230 g/mol. The van der Waals surface area contributed by atoms with E-state index in [1.54, 1.807) is 47.8 Å². The third-order valence-corrected chi connectivity index (χ3v) is 20.0. The highest BCUT2D eigenvalue weighted by atomic mass is 16.5. The van der Waals surface area contributed by atoms with Gasteiger partial charge in [-0.3, -0.25) is 38.4 Å². The Morgan fingerprint density at radius 1 is 0.333 bits per heavy atom. The number of amides is 8. The van der Waals surface area contributed by atoms with Crippen molar-refractivity contribution in [2.45, 2.75) is 190 Å². The summed E-state index contributed by atoms with van der Waals surface area (Å²) >= 11 is 0. The average Bonchev–Trinajstić information content (AvgIpc) is 1.45. The van der Waals surface area contributed by atoms with Crippen LogP contribution in [-0.2, 0) is 73.9 Å². The molecule has 4 saturated carbocycles. The number of likely N-dealkylation sites (N-methyl/N-ethyl adjacent to an activating group) is 4. The molecule has 0 spiro atoms. The Bertz CT molecular complexity index is 2810. The van der Waals surface area contributed by atoms with Crippen LogP contribution >= 0.6 is 0 Å². The molecule has 12 atom stereocenters. The molecule has 18 nitrogen and oxygen atoms in total. The highest BCUT2D eigenvalue weighted by molar-refractivity contribution is 5.92. The van der Waals surface area contributed by atoms with E-state index in [4.69, 9.17) is 9.47 Å². The number of fused-ring (bicyclic) bond motifs is 8. The van der Waals surface area contributed by atoms with E-state index in [-0.39, 0.29) is 110 Å². The second kappa shape index (κ2) is 33.0. The van der Waals surface area contributed by atoms with Gasteiger partial charge < -0.3 is 50.3 Å². The molecular weight excluding hydrogens is 1140 g/mol. The van der Waals surface area contributed by atoms with Crippen molar-refractivity contribution in [3.05, 3.63) is 144 Å². The molecule has 5 aliphatic rings. The van der Waals surface area contributed by atoms with Crippen LogP contribution in [0, 0.1) is 23.7 Å². The van der Waals surface area contributed by atoms with E-state index in [0.717, 1.165) is 22.3 Å². The second-order valence-electron chi connectivity index (χ2n) is 26.1. The standard InChI is InChI=1S/C72H96N8O10/c1-77-57-33-19-31-55(45-57)67(83)75-63(41-49-21-9-5-10-22-49)71(87)80(4)60-36-18-30-54(44-60)66(82)74-62(38-40-90-48-52-27-15-8-16-28-52)70(86)78(2)58-34-20-32-56(46-58)68(84)76-64(42-50-23-11-6-12-24-50)72(88)79(3)59-35-17-29-53(43-59)65(81)73-61(69(77)85)37-39-89-47-51-25-13-7-14-26-51/h5-16,21-28,53-64H,17-20,29-48H2,1-4H3,(H,73,81)(H,74,82)(H,75,83)(H,76,84)/t53-,54-,55-,56-,57+,58+,59+,60+,61-,62-,63-,64-/m1/s1. The fourth-order valence-corrected chi connectivity index (χ4v) is 14.4. The third-order valence-electron chi connectivity index (χ3n) is 20.0. The summed E-state index contributed by atoms with van der Waals surface area (Å²) in [5.41, 5.74) is 3.70. The van der Waals surface area contributed by atoms with Gasteiger partial charge in [0.2, 0.25) is 47.3 Å². The molecular formula is C72H96N8O10. The van der Waals surface area contributed by atoms with Crippen molar-refractivity contribution in [3.63, 3.8) is 0 Å². The first kappa shape index (κ1) is 67.0. The van der Waals surface area contributed by atoms with E-state index >= 15 is 0 Å². The number of carbonyl (C=O) groups excluding carboxylic acids is 8. The number of nitrogens with zero attached hydrogens (tertiary/aromatic N) is 4. The van der Waals surface area contributed by atoms with Gasteiger partial charge in [0.15, 0.2) is 0 Å². The maximum atomic E-state index is 15.0. The highest BCUT2D eigenvalue weighted by Gasteiger charge is 2.42. The molecule has 0 radical (unpaired) electrons. The second-order valence-corrected chi connectivity index (χ2v) is 26.1. The first-order chi connectivity index (χ1) is 43.6. The SMILES string of the molecule is CN1C(=O)[C@@H](CCOCc2ccccc2)NC(=O)[C@@H]2CCC[C@@H](C2)N(C)C(=O)[C@@H](Cc2ccccc2)NC(=O)[C@@H]2CCC[C@@H](C2)N(C)C(=O)[C@@H](CCOCc2ccccc2)NC(=O)[C@@H]2CCC[C@@H](C2)N(C)C(=O)[C@@H](Cc2ccccc2)NC(=O)[C@@H]2CCC[C@H]1C2. The Morgan fingerprint density at radius 3 is 0.856 bits per heavy atom. The molecule has 1 heterocycles. The molecule has 5 fully saturated rings. The van der Waals surface area contributed by atoms with Gasteiger partial charge in [0.1, 0.15) is 24.2 Å². The summed E-state index contributed by atoms with van der Waals surface area (Å²) in [6, 6.07) is 33.6. The van der Waals surface area contributed by atoms with E-state index in [0.29, 0.717) is 116 Å². The normalized spacial score (nSPS) is 28.4. The van der Waals surface area contributed by atoms with Crippen LogP contribution in [0.2, 0.25) is 0 Å². The molecule has 8 amide bonds. The molecule has 1 saturated heterocycles. The van der Waals surface area contributed by atoms with Crippen LogP contribution in [0.4, 0.5) is 0 Å². The number of rotatable bonds is 14. The maximum Gasteiger partial charge on any atom is 0.245 e. The van der Waals surface area contributed by atoms with Crippen LogP contribution < -0.4 is 21.3 Å². The molecule has 0 aromatic heterocycles. The Hall–Kier alpha value is -7.44. The number of hydrogen-bond acceptors (Lipinski definition) is 10. The fraction of sp³-hybridized carbons (Fsp3) is 0.556. The van der Waals surface area contributed by atoms with E-state index in [2.05, 4.69) is 21.3 Å². The lowest BCUT2D eigenvalue weighted by molar-refractivity contribution is -0.143. The number of ether oxygens (including phenoxy) is 2. The highest BCUT2D eigenvalue weighted by Crippen LogP contribution is 2.34. The van der Waals surface area contributed by atoms with Crippen molar-refractivity contribution in [2.24, 2.45) is 23.7 Å². The first-order valence-electron chi connectivity index (χ1n) is 33.2. The summed E-state index contributed by atoms with van der Waals surface area (Å²) in [4.78, 5) is 125. The van der Waals surface area contributed by atoms with Crippen molar-refractivity contribution in [1.29, 1.82) is 0 Å². The van der Waals surface area contributed by atoms with Gasteiger partial charge in [-0.1, -0.05) is 147 Å². The van der Waals surface area contributed by atoms with Crippen LogP contribution in [0.25, 0.3) is 0 Å². The summed E-state index contributed by atoms with van der Waals surface area (Å²) in [7, 11) is 6.98. The van der Waals surface area contributed by atoms with Gasteiger partial charge >= 0.3 is 0 Å². The number of nitrogens with one attached hydrogen (secondary N) is 4. The predicted octanol–water partition coefficient (Wildman–Crippen LogP) is 7.71. The predicted molar refractivity (Wildman–Crippen MR) is 344 cm³/mol. The van der Waals surface area contributed by atoms with Gasteiger partial charge in [-0.05, 0) is 112 Å². The van der Waals surface area contributed by atoms with E-state index in [1.807, 2.05) is 121 Å². The summed E-state index contributed by atoms with van der Waals surface area (Å²) < 4.78 is 12.2. The Balaban J connectivity index is 0.990. The van der Waals surface area contributed by atoms with Gasteiger partial charge in [0.05, 0.1) is 13.2 Å². The van der Waals surface area contributed by atoms with Crippen molar-refractivity contribution in [3.8, 4) is 0 Å². The quantitative estimate of drug-likeness (QED) is 0.0903. The molecule has 9 rings (SSSR count). The lowest BCUT2D eigenvalue weighted by Crippen LogP contribution is -2.56.